The standard InChI is InChI=1S/C13H18N2O/c1-3-8-15-13(9-14)12-6-4-11(5-7-12)10-16-2/h4-7,13,15H,3,8,10H2,1-2H3. The Kier molecular flexibility index (Phi) is 5.55. The second-order valence-corrected chi connectivity index (χ2v) is 3.69. The van der Waals surface area contributed by atoms with Gasteiger partial charge in [0, 0.05) is 7.11 Å². The van der Waals surface area contributed by atoms with Crippen LogP contribution in [0.3, 0.4) is 0 Å². The lowest BCUT2D eigenvalue weighted by molar-refractivity contribution is 0.185. The predicted molar refractivity (Wildman–Crippen MR) is 63.8 cm³/mol. The molecule has 1 unspecified atom stereocenters. The first kappa shape index (κ1) is 12.7. The van der Waals surface area contributed by atoms with Crippen LogP contribution < -0.4 is 5.32 Å². The van der Waals surface area contributed by atoms with Gasteiger partial charge < -0.3 is 4.74 Å². The molecule has 0 saturated carbocycles. The van der Waals surface area contributed by atoms with Crippen LogP contribution in [0.4, 0.5) is 0 Å². The lowest BCUT2D eigenvalue weighted by Gasteiger charge is -2.11. The normalized spacial score (nSPS) is 12.1. The molecular formula is C13H18N2O. The molecule has 0 aliphatic heterocycles. The van der Waals surface area contributed by atoms with Crippen LogP contribution in [0, 0.1) is 11.3 Å². The Labute approximate surface area is 97.0 Å². The van der Waals surface area contributed by atoms with Crippen molar-refractivity contribution in [3.05, 3.63) is 35.4 Å². The third-order valence-electron chi connectivity index (χ3n) is 2.35. The van der Waals surface area contributed by atoms with E-state index in [2.05, 4.69) is 18.3 Å². The summed E-state index contributed by atoms with van der Waals surface area (Å²) in [6, 6.07) is 10.00. The van der Waals surface area contributed by atoms with Gasteiger partial charge in [0.15, 0.2) is 0 Å². The van der Waals surface area contributed by atoms with E-state index in [4.69, 9.17) is 10.00 Å². The quantitative estimate of drug-likeness (QED) is 0.797. The molecule has 1 N–H and O–H groups in total. The highest BCUT2D eigenvalue weighted by Crippen LogP contribution is 2.13. The van der Waals surface area contributed by atoms with E-state index in [0.29, 0.717) is 6.61 Å². The summed E-state index contributed by atoms with van der Waals surface area (Å²) < 4.78 is 5.04. The number of nitrogens with zero attached hydrogens (tertiary/aromatic N) is 1. The first-order chi connectivity index (χ1) is 7.81. The Bertz CT molecular complexity index is 340. The Morgan fingerprint density at radius 1 is 1.38 bits per heavy atom. The molecule has 3 heteroatoms. The fourth-order valence-electron chi connectivity index (χ4n) is 1.50. The summed E-state index contributed by atoms with van der Waals surface area (Å²) in [6.45, 7) is 3.56. The Hall–Kier alpha value is -1.37. The van der Waals surface area contributed by atoms with Crippen LogP contribution in [0.25, 0.3) is 0 Å². The SMILES string of the molecule is CCCNC(C#N)c1ccc(COC)cc1. The molecule has 0 aromatic heterocycles. The lowest BCUT2D eigenvalue weighted by Crippen LogP contribution is -2.20. The van der Waals surface area contributed by atoms with Crippen molar-refractivity contribution in [3.63, 3.8) is 0 Å². The highest BCUT2D eigenvalue weighted by atomic mass is 16.5. The van der Waals surface area contributed by atoms with Gasteiger partial charge in [0.25, 0.3) is 0 Å². The zero-order chi connectivity index (χ0) is 11.8. The number of benzene rings is 1. The van der Waals surface area contributed by atoms with E-state index in [1.54, 1.807) is 7.11 Å². The van der Waals surface area contributed by atoms with E-state index < -0.39 is 0 Å². The Morgan fingerprint density at radius 3 is 2.56 bits per heavy atom. The van der Waals surface area contributed by atoms with Crippen molar-refractivity contribution in [2.24, 2.45) is 0 Å². The molecule has 0 radical (unpaired) electrons. The minimum atomic E-state index is -0.212. The monoisotopic (exact) mass is 218 g/mol. The molecule has 0 aliphatic rings. The van der Waals surface area contributed by atoms with Crippen LogP contribution in [0.5, 0.6) is 0 Å². The van der Waals surface area contributed by atoms with Crippen molar-refractivity contribution in [2.75, 3.05) is 13.7 Å². The molecule has 16 heavy (non-hydrogen) atoms. The molecule has 3 nitrogen and oxygen atoms in total. The van der Waals surface area contributed by atoms with Gasteiger partial charge in [0.1, 0.15) is 6.04 Å². The molecule has 0 bridgehead atoms. The first-order valence-corrected chi connectivity index (χ1v) is 5.52. The third-order valence-corrected chi connectivity index (χ3v) is 2.35. The zero-order valence-corrected chi connectivity index (χ0v) is 9.86. The summed E-state index contributed by atoms with van der Waals surface area (Å²) in [5.41, 5.74) is 2.13. The summed E-state index contributed by atoms with van der Waals surface area (Å²) in [5, 5.41) is 12.2. The minimum Gasteiger partial charge on any atom is -0.380 e. The maximum atomic E-state index is 9.04. The van der Waals surface area contributed by atoms with Crippen molar-refractivity contribution >= 4 is 0 Å². The van der Waals surface area contributed by atoms with Crippen molar-refractivity contribution in [1.29, 1.82) is 5.26 Å². The van der Waals surface area contributed by atoms with E-state index in [0.717, 1.165) is 24.1 Å². The summed E-state index contributed by atoms with van der Waals surface area (Å²) >= 11 is 0. The van der Waals surface area contributed by atoms with Crippen molar-refractivity contribution in [2.45, 2.75) is 26.0 Å². The van der Waals surface area contributed by atoms with E-state index in [1.165, 1.54) is 0 Å². The molecule has 1 atom stereocenters. The Morgan fingerprint density at radius 2 is 2.06 bits per heavy atom. The second-order valence-electron chi connectivity index (χ2n) is 3.69. The van der Waals surface area contributed by atoms with Gasteiger partial charge in [-0.15, -0.1) is 0 Å². The highest BCUT2D eigenvalue weighted by Gasteiger charge is 2.08. The summed E-state index contributed by atoms with van der Waals surface area (Å²) in [6.07, 6.45) is 1.03. The average Bonchev–Trinajstić information content (AvgIpc) is 2.32. The number of nitriles is 1. The number of nitrogens with one attached hydrogen (secondary N) is 1. The first-order valence-electron chi connectivity index (χ1n) is 5.52. The van der Waals surface area contributed by atoms with Crippen LogP contribution in [0.2, 0.25) is 0 Å². The number of hydrogen-bond acceptors (Lipinski definition) is 3. The topological polar surface area (TPSA) is 45.0 Å². The lowest BCUT2D eigenvalue weighted by atomic mass is 10.1. The van der Waals surface area contributed by atoms with Crippen LogP contribution >= 0.6 is 0 Å². The van der Waals surface area contributed by atoms with Gasteiger partial charge in [0.05, 0.1) is 12.7 Å². The van der Waals surface area contributed by atoms with E-state index in [-0.39, 0.29) is 6.04 Å². The summed E-state index contributed by atoms with van der Waals surface area (Å²) in [7, 11) is 1.68. The van der Waals surface area contributed by atoms with Crippen LogP contribution in [0.1, 0.15) is 30.5 Å². The number of hydrogen-bond donors (Lipinski definition) is 1. The molecule has 0 heterocycles. The van der Waals surface area contributed by atoms with Gasteiger partial charge in [-0.3, -0.25) is 5.32 Å². The van der Waals surface area contributed by atoms with E-state index in [1.807, 2.05) is 24.3 Å². The van der Waals surface area contributed by atoms with Gasteiger partial charge in [-0.2, -0.15) is 5.26 Å². The molecule has 1 aromatic rings. The third kappa shape index (κ3) is 3.65. The van der Waals surface area contributed by atoms with E-state index in [9.17, 15) is 0 Å². The Balaban J connectivity index is 2.67. The number of methoxy groups -OCH3 is 1. The van der Waals surface area contributed by atoms with Crippen LogP contribution in [-0.4, -0.2) is 13.7 Å². The molecule has 0 aliphatic carbocycles. The van der Waals surface area contributed by atoms with Crippen LogP contribution in [-0.2, 0) is 11.3 Å². The molecule has 0 fully saturated rings. The maximum Gasteiger partial charge on any atom is 0.121 e. The average molecular weight is 218 g/mol. The fourth-order valence-corrected chi connectivity index (χ4v) is 1.50. The fraction of sp³-hybridized carbons (Fsp3) is 0.462. The van der Waals surface area contributed by atoms with Crippen molar-refractivity contribution in [1.82, 2.24) is 5.32 Å². The second kappa shape index (κ2) is 7.00. The summed E-state index contributed by atoms with van der Waals surface area (Å²) in [4.78, 5) is 0. The number of ether oxygens (including phenoxy) is 1. The van der Waals surface area contributed by atoms with Gasteiger partial charge in [-0.25, -0.2) is 0 Å². The summed E-state index contributed by atoms with van der Waals surface area (Å²) in [5.74, 6) is 0. The molecule has 1 aromatic carbocycles. The van der Waals surface area contributed by atoms with Gasteiger partial charge in [-0.1, -0.05) is 31.2 Å². The van der Waals surface area contributed by atoms with Gasteiger partial charge in [0.2, 0.25) is 0 Å². The maximum absolute atomic E-state index is 9.04. The number of rotatable bonds is 6. The minimum absolute atomic E-state index is 0.212. The smallest absolute Gasteiger partial charge is 0.121 e. The predicted octanol–water partition coefficient (Wildman–Crippen LogP) is 2.40. The van der Waals surface area contributed by atoms with Gasteiger partial charge >= 0.3 is 0 Å². The highest BCUT2D eigenvalue weighted by molar-refractivity contribution is 5.27. The molecular weight excluding hydrogens is 200 g/mol. The molecule has 0 amide bonds. The van der Waals surface area contributed by atoms with Crippen molar-refractivity contribution < 1.29 is 4.74 Å². The van der Waals surface area contributed by atoms with Crippen molar-refractivity contribution in [3.8, 4) is 6.07 Å². The van der Waals surface area contributed by atoms with Gasteiger partial charge in [-0.05, 0) is 24.1 Å². The molecule has 1 rings (SSSR count). The van der Waals surface area contributed by atoms with E-state index >= 15 is 0 Å². The molecule has 86 valence electrons. The molecule has 0 saturated heterocycles. The molecule has 0 spiro atoms. The van der Waals surface area contributed by atoms with Crippen LogP contribution in [0.15, 0.2) is 24.3 Å². The largest absolute Gasteiger partial charge is 0.380 e. The zero-order valence-electron chi connectivity index (χ0n) is 9.86.